The van der Waals surface area contributed by atoms with Crippen LogP contribution >= 0.6 is 11.8 Å². The third-order valence-corrected chi connectivity index (χ3v) is 13.5. The maximum absolute atomic E-state index is 12.9. The zero-order valence-corrected chi connectivity index (χ0v) is 25.5. The predicted molar refractivity (Wildman–Crippen MR) is 157 cm³/mol. The normalized spacial score (nSPS) is 14.9. The van der Waals surface area contributed by atoms with Crippen molar-refractivity contribution in [2.24, 2.45) is 0 Å². The van der Waals surface area contributed by atoms with Crippen molar-refractivity contribution in [2.45, 2.75) is 67.7 Å². The van der Waals surface area contributed by atoms with E-state index in [4.69, 9.17) is 4.43 Å². The fraction of sp³-hybridized carbons (Fsp3) is 0.414. The van der Waals surface area contributed by atoms with Crippen LogP contribution in [0.1, 0.15) is 45.2 Å². The van der Waals surface area contributed by atoms with Gasteiger partial charge >= 0.3 is 0 Å². The number of aromatic nitrogens is 5. The number of carbonyl (C=O) groups excluding carboxylic acids is 1. The topological polar surface area (TPSA) is 101 Å². The molecule has 1 saturated heterocycles. The lowest BCUT2D eigenvalue weighted by molar-refractivity contribution is -0.135. The van der Waals surface area contributed by atoms with Gasteiger partial charge < -0.3 is 9.33 Å². The molecule has 5 heterocycles. The Morgan fingerprint density at radius 3 is 2.60 bits per heavy atom. The molecule has 11 heteroatoms. The van der Waals surface area contributed by atoms with Crippen LogP contribution in [0.5, 0.6) is 0 Å². The molecule has 0 aliphatic carbocycles. The third kappa shape index (κ3) is 5.84. The number of pyridine rings is 2. The Kier molecular flexibility index (Phi) is 7.86. The molecular formula is C29H35N7O2SSi. The average Bonchev–Trinajstić information content (AvgIpc) is 3.59. The van der Waals surface area contributed by atoms with Gasteiger partial charge in [0, 0.05) is 47.7 Å². The number of likely N-dealkylation sites (tertiary alicyclic amines) is 1. The van der Waals surface area contributed by atoms with E-state index in [2.05, 4.69) is 67.4 Å². The highest BCUT2D eigenvalue weighted by Crippen LogP contribution is 2.37. The summed E-state index contributed by atoms with van der Waals surface area (Å²) in [5.74, 6) is 0.0756. The highest BCUT2D eigenvalue weighted by Gasteiger charge is 2.38. The Labute approximate surface area is 240 Å². The van der Waals surface area contributed by atoms with Gasteiger partial charge in [-0.15, -0.1) is 0 Å². The maximum atomic E-state index is 12.9. The second kappa shape index (κ2) is 11.2. The van der Waals surface area contributed by atoms with E-state index in [-0.39, 0.29) is 23.6 Å². The molecule has 4 aromatic heterocycles. The van der Waals surface area contributed by atoms with Crippen molar-refractivity contribution in [3.63, 3.8) is 0 Å². The highest BCUT2D eigenvalue weighted by atomic mass is 32.2. The Balaban J connectivity index is 1.28. The van der Waals surface area contributed by atoms with E-state index in [0.717, 1.165) is 39.4 Å². The molecule has 208 valence electrons. The van der Waals surface area contributed by atoms with E-state index in [1.165, 1.54) is 11.8 Å². The molecule has 1 fully saturated rings. The van der Waals surface area contributed by atoms with Gasteiger partial charge in [0.2, 0.25) is 5.91 Å². The minimum atomic E-state index is -1.96. The average molecular weight is 574 g/mol. The summed E-state index contributed by atoms with van der Waals surface area (Å²) < 4.78 is 9.93. The number of carbonyl (C=O) groups is 1. The Bertz CT molecular complexity index is 1540. The van der Waals surface area contributed by atoms with Gasteiger partial charge in [0.1, 0.15) is 17.7 Å². The quantitative estimate of drug-likeness (QED) is 0.258. The zero-order valence-electron chi connectivity index (χ0n) is 23.7. The summed E-state index contributed by atoms with van der Waals surface area (Å²) in [7, 11) is -1.96. The number of rotatable bonds is 7. The highest BCUT2D eigenvalue weighted by molar-refractivity contribution is 7.99. The van der Waals surface area contributed by atoms with E-state index < -0.39 is 8.32 Å². The lowest BCUT2D eigenvalue weighted by atomic mass is 10.1. The maximum Gasteiger partial charge on any atom is 0.247 e. The van der Waals surface area contributed by atoms with Crippen LogP contribution in [0.4, 0.5) is 0 Å². The lowest BCUT2D eigenvalue weighted by Crippen LogP contribution is -2.46. The van der Waals surface area contributed by atoms with Crippen molar-refractivity contribution in [1.29, 1.82) is 5.26 Å². The van der Waals surface area contributed by atoms with Crippen molar-refractivity contribution in [3.8, 4) is 17.2 Å². The molecule has 4 aromatic rings. The van der Waals surface area contributed by atoms with Crippen molar-refractivity contribution in [1.82, 2.24) is 29.3 Å². The molecule has 1 aliphatic rings. The van der Waals surface area contributed by atoms with Crippen molar-refractivity contribution >= 4 is 31.5 Å². The van der Waals surface area contributed by atoms with Gasteiger partial charge in [0.25, 0.3) is 0 Å². The number of fused-ring (bicyclic) bond motifs is 1. The summed E-state index contributed by atoms with van der Waals surface area (Å²) in [4.78, 5) is 20.1. The molecule has 40 heavy (non-hydrogen) atoms. The van der Waals surface area contributed by atoms with Crippen molar-refractivity contribution in [3.05, 3.63) is 60.8 Å². The monoisotopic (exact) mass is 573 g/mol. The third-order valence-electron chi connectivity index (χ3n) is 8.04. The van der Waals surface area contributed by atoms with E-state index >= 15 is 0 Å². The fourth-order valence-corrected chi connectivity index (χ4v) is 6.43. The molecular weight excluding hydrogens is 539 g/mol. The minimum absolute atomic E-state index is 0.0756. The molecule has 0 unspecified atom stereocenters. The number of nitrogens with zero attached hydrogens (tertiary/aromatic N) is 7. The second-order valence-corrected chi connectivity index (χ2v) is 17.6. The van der Waals surface area contributed by atoms with E-state index in [1.807, 2.05) is 40.2 Å². The minimum Gasteiger partial charge on any atom is -0.408 e. The summed E-state index contributed by atoms with van der Waals surface area (Å²) >= 11 is 1.51. The SMILES string of the molecule is CC(C)(C)[Si](C)(C)OCC(=O)N1CCC(n2cc(-c3cc(Sc4ccccn4)c4c(C#N)cnn4c3)cn2)CC1. The number of amides is 1. The summed E-state index contributed by atoms with van der Waals surface area (Å²) in [6.45, 7) is 12.5. The Hall–Kier alpha value is -3.46. The Morgan fingerprint density at radius 1 is 1.15 bits per heavy atom. The molecule has 0 aromatic carbocycles. The van der Waals surface area contributed by atoms with Gasteiger partial charge in [-0.25, -0.2) is 9.50 Å². The molecule has 5 rings (SSSR count). The summed E-state index contributed by atoms with van der Waals surface area (Å²) in [6, 6.07) is 10.3. The second-order valence-electron chi connectivity index (χ2n) is 11.7. The summed E-state index contributed by atoms with van der Waals surface area (Å²) in [5.41, 5.74) is 3.22. The zero-order chi connectivity index (χ0) is 28.5. The van der Waals surface area contributed by atoms with Gasteiger partial charge in [0.15, 0.2) is 8.32 Å². The van der Waals surface area contributed by atoms with Crippen LogP contribution in [0.3, 0.4) is 0 Å². The van der Waals surface area contributed by atoms with Crippen LogP contribution in [-0.2, 0) is 9.22 Å². The van der Waals surface area contributed by atoms with Crippen LogP contribution in [0.15, 0.2) is 65.2 Å². The molecule has 0 spiro atoms. The van der Waals surface area contributed by atoms with Crippen molar-refractivity contribution in [2.75, 3.05) is 19.7 Å². The van der Waals surface area contributed by atoms with Gasteiger partial charge in [-0.05, 0) is 49.2 Å². The molecule has 1 aliphatic heterocycles. The van der Waals surface area contributed by atoms with Crippen molar-refractivity contribution < 1.29 is 9.22 Å². The molecule has 0 saturated carbocycles. The number of hydrogen-bond acceptors (Lipinski definition) is 7. The molecule has 0 N–H and O–H groups in total. The first-order valence-corrected chi connectivity index (χ1v) is 17.2. The van der Waals surface area contributed by atoms with Gasteiger partial charge in [0.05, 0.1) is 29.5 Å². The fourth-order valence-electron chi connectivity index (χ4n) is 4.54. The van der Waals surface area contributed by atoms with Crippen LogP contribution < -0.4 is 0 Å². The summed E-state index contributed by atoms with van der Waals surface area (Å²) in [6.07, 6.45) is 10.9. The molecule has 0 bridgehead atoms. The molecule has 9 nitrogen and oxygen atoms in total. The van der Waals surface area contributed by atoms with E-state index in [1.54, 1.807) is 16.9 Å². The first-order valence-electron chi connectivity index (χ1n) is 13.5. The predicted octanol–water partition coefficient (Wildman–Crippen LogP) is 5.80. The van der Waals surface area contributed by atoms with Gasteiger partial charge in [-0.1, -0.05) is 38.6 Å². The first kappa shape index (κ1) is 28.1. The van der Waals surface area contributed by atoms with Gasteiger partial charge in [-0.2, -0.15) is 15.5 Å². The standard InChI is InChI=1S/C29H35N7O2SSi/c1-29(2,3)40(4,5)38-20-27(37)34-12-9-24(10-13-34)35-19-23(17-32-35)21-14-25(39-26-8-6-7-11-31-26)28-22(15-30)16-33-36(28)18-21/h6-8,11,14,16-19,24H,9-10,12-13,20H2,1-5H3. The van der Waals surface area contributed by atoms with E-state index in [0.29, 0.717) is 18.7 Å². The van der Waals surface area contributed by atoms with Crippen LogP contribution in [0, 0.1) is 11.3 Å². The molecule has 0 atom stereocenters. The number of hydrogen-bond donors (Lipinski definition) is 0. The van der Waals surface area contributed by atoms with E-state index in [9.17, 15) is 10.1 Å². The van der Waals surface area contributed by atoms with Crippen LogP contribution in [0.25, 0.3) is 16.6 Å². The lowest BCUT2D eigenvalue weighted by Gasteiger charge is -2.37. The first-order chi connectivity index (χ1) is 19.1. The Morgan fingerprint density at radius 2 is 1.93 bits per heavy atom. The molecule has 0 radical (unpaired) electrons. The van der Waals surface area contributed by atoms with Crippen LogP contribution in [0.2, 0.25) is 18.1 Å². The van der Waals surface area contributed by atoms with Gasteiger partial charge in [-0.3, -0.25) is 9.48 Å². The smallest absolute Gasteiger partial charge is 0.247 e. The molecule has 1 amide bonds. The summed E-state index contributed by atoms with van der Waals surface area (Å²) in [5, 5.41) is 19.7. The largest absolute Gasteiger partial charge is 0.408 e. The number of nitriles is 1. The number of piperidine rings is 1. The van der Waals surface area contributed by atoms with Crippen LogP contribution in [-0.4, -0.2) is 63.2 Å².